The number of carbonyl (C=O) groups is 1. The van der Waals surface area contributed by atoms with E-state index in [9.17, 15) is 4.79 Å². The molecule has 0 N–H and O–H groups in total. The number of carbonyl (C=O) groups excluding carboxylic acids is 1. The smallest absolute Gasteiger partial charge is 0.305 e. The van der Waals surface area contributed by atoms with Gasteiger partial charge in [-0.15, -0.1) is 0 Å². The lowest BCUT2D eigenvalue weighted by Crippen LogP contribution is -2.56. The van der Waals surface area contributed by atoms with Crippen LogP contribution in [0.1, 0.15) is 65.7 Å². The Morgan fingerprint density at radius 1 is 1.08 bits per heavy atom. The zero-order valence-corrected chi connectivity index (χ0v) is 15.6. The predicted octanol–water partition coefficient (Wildman–Crippen LogP) is 3.67. The van der Waals surface area contributed by atoms with Crippen molar-refractivity contribution in [1.82, 2.24) is 0 Å². The summed E-state index contributed by atoms with van der Waals surface area (Å²) in [5.41, 5.74) is 0.477. The van der Waals surface area contributed by atoms with Gasteiger partial charge in [-0.25, -0.2) is 0 Å². The Hall–Kier alpha value is -0.610. The highest BCUT2D eigenvalue weighted by Gasteiger charge is 2.80. The van der Waals surface area contributed by atoms with Crippen molar-refractivity contribution in [3.63, 3.8) is 0 Å². The largest absolute Gasteiger partial charge is 0.430 e. The first-order valence-electron chi connectivity index (χ1n) is 10.4. The van der Waals surface area contributed by atoms with E-state index in [-0.39, 0.29) is 17.5 Å². The fourth-order valence-corrected chi connectivity index (χ4v) is 8.24. The summed E-state index contributed by atoms with van der Waals surface area (Å²) in [7, 11) is 0. The van der Waals surface area contributed by atoms with Gasteiger partial charge in [-0.3, -0.25) is 4.79 Å². The summed E-state index contributed by atoms with van der Waals surface area (Å²) in [6.45, 7) is 6.44. The van der Waals surface area contributed by atoms with Crippen LogP contribution in [0.25, 0.3) is 0 Å². The van der Waals surface area contributed by atoms with Crippen LogP contribution in [0.5, 0.6) is 0 Å². The number of esters is 1. The minimum atomic E-state index is -0.594. The van der Waals surface area contributed by atoms with Crippen molar-refractivity contribution in [2.45, 2.75) is 89.8 Å². The van der Waals surface area contributed by atoms with Crippen LogP contribution in [0.2, 0.25) is 0 Å². The van der Waals surface area contributed by atoms with E-state index in [1.165, 1.54) is 39.0 Å². The van der Waals surface area contributed by atoms with Crippen LogP contribution in [0.3, 0.4) is 0 Å². The molecule has 4 saturated carbocycles. The fourth-order valence-electron chi connectivity index (χ4n) is 8.24. The number of epoxide rings is 2. The first kappa shape index (κ1) is 15.4. The number of hydrogen-bond donors (Lipinski definition) is 0. The lowest BCUT2D eigenvalue weighted by Gasteiger charge is -2.60. The molecule has 4 aliphatic carbocycles. The van der Waals surface area contributed by atoms with Gasteiger partial charge in [0.05, 0.1) is 12.2 Å². The Bertz CT molecular complexity index is 648. The molecule has 0 aromatic rings. The quantitative estimate of drug-likeness (QED) is 0.537. The maximum Gasteiger partial charge on any atom is 0.305 e. The van der Waals surface area contributed by atoms with E-state index in [1.807, 2.05) is 0 Å². The molecule has 0 amide bonds. The first-order chi connectivity index (χ1) is 11.9. The van der Waals surface area contributed by atoms with Crippen molar-refractivity contribution in [1.29, 1.82) is 0 Å². The zero-order valence-electron chi connectivity index (χ0n) is 15.6. The van der Waals surface area contributed by atoms with E-state index in [0.717, 1.165) is 30.6 Å². The molecule has 0 aromatic carbocycles. The van der Waals surface area contributed by atoms with Crippen LogP contribution in [0, 0.1) is 34.5 Å². The molecule has 2 saturated heterocycles. The van der Waals surface area contributed by atoms with Crippen molar-refractivity contribution >= 4 is 5.97 Å². The highest BCUT2D eigenvalue weighted by Crippen LogP contribution is 2.74. The Morgan fingerprint density at radius 2 is 1.92 bits per heavy atom. The Morgan fingerprint density at radius 3 is 2.72 bits per heavy atom. The van der Waals surface area contributed by atoms with Crippen molar-refractivity contribution in [2.24, 2.45) is 34.5 Å². The molecular weight excluding hydrogens is 316 g/mol. The number of ether oxygens (including phenoxy) is 3. The maximum absolute atomic E-state index is 11.7. The average molecular weight is 346 g/mol. The zero-order chi connectivity index (χ0) is 17.2. The van der Waals surface area contributed by atoms with Gasteiger partial charge in [0.2, 0.25) is 5.79 Å². The van der Waals surface area contributed by atoms with E-state index in [4.69, 9.17) is 14.2 Å². The standard InChI is InChI=1S/C21H30O4/c1-11(22)24-21-18(25-21)9-15-13-5-4-12-8-16-17(23-16)10-19(12,2)14(13)6-7-20(15,21)3/h12-18H,4-10H2,1-3H3/t12-,13-,14-,15+,16-,17-,18+,19-,20-,21+/m0/s1. The summed E-state index contributed by atoms with van der Waals surface area (Å²) in [5.74, 6) is 2.33. The maximum atomic E-state index is 11.7. The molecule has 6 rings (SSSR count). The van der Waals surface area contributed by atoms with Crippen LogP contribution < -0.4 is 0 Å². The summed E-state index contributed by atoms with van der Waals surface area (Å²) >= 11 is 0. The van der Waals surface area contributed by atoms with Gasteiger partial charge in [-0.05, 0) is 74.0 Å². The molecule has 0 aromatic heterocycles. The molecule has 0 unspecified atom stereocenters. The minimum Gasteiger partial charge on any atom is -0.430 e. The van der Waals surface area contributed by atoms with Gasteiger partial charge >= 0.3 is 5.97 Å². The van der Waals surface area contributed by atoms with Gasteiger partial charge in [0.25, 0.3) is 0 Å². The third kappa shape index (κ3) is 1.74. The topological polar surface area (TPSA) is 51.4 Å². The summed E-state index contributed by atoms with van der Waals surface area (Å²) in [4.78, 5) is 11.7. The molecular formula is C21H30O4. The second-order valence-electron chi connectivity index (χ2n) is 10.4. The van der Waals surface area contributed by atoms with Crippen molar-refractivity contribution < 1.29 is 19.0 Å². The number of fused-ring (bicyclic) bond motifs is 8. The van der Waals surface area contributed by atoms with Gasteiger partial charge in [0, 0.05) is 12.3 Å². The molecule has 4 nitrogen and oxygen atoms in total. The SMILES string of the molecule is CC(=O)O[C@@]12O[C@@H]1C[C@@H]1[C@H]3CC[C@H]4C[C@@H]5O[C@H]5C[C@]4(C)[C@H]3CC[C@@]12C. The van der Waals surface area contributed by atoms with Gasteiger partial charge < -0.3 is 14.2 Å². The Kier molecular flexibility index (Phi) is 2.74. The van der Waals surface area contributed by atoms with Crippen LogP contribution in [-0.2, 0) is 19.0 Å². The molecule has 10 atom stereocenters. The third-order valence-corrected chi connectivity index (χ3v) is 9.54. The number of rotatable bonds is 1. The van der Waals surface area contributed by atoms with E-state index in [1.54, 1.807) is 0 Å². The summed E-state index contributed by atoms with van der Waals surface area (Å²) < 4.78 is 17.7. The highest BCUT2D eigenvalue weighted by molar-refractivity contribution is 5.67. The minimum absolute atomic E-state index is 0.0149. The molecule has 2 aliphatic heterocycles. The van der Waals surface area contributed by atoms with E-state index in [0.29, 0.717) is 23.5 Å². The molecule has 0 bridgehead atoms. The van der Waals surface area contributed by atoms with E-state index in [2.05, 4.69) is 13.8 Å². The molecule has 138 valence electrons. The highest BCUT2D eigenvalue weighted by atomic mass is 16.8. The van der Waals surface area contributed by atoms with Crippen molar-refractivity contribution in [3.8, 4) is 0 Å². The van der Waals surface area contributed by atoms with Crippen LogP contribution in [0.4, 0.5) is 0 Å². The summed E-state index contributed by atoms with van der Waals surface area (Å²) in [5, 5.41) is 0. The lowest BCUT2D eigenvalue weighted by molar-refractivity contribution is -0.198. The lowest BCUT2D eigenvalue weighted by atomic mass is 9.45. The fraction of sp³-hybridized carbons (Fsp3) is 0.952. The van der Waals surface area contributed by atoms with Crippen LogP contribution >= 0.6 is 0 Å². The number of hydrogen-bond acceptors (Lipinski definition) is 4. The van der Waals surface area contributed by atoms with Gasteiger partial charge in [0.1, 0.15) is 6.10 Å². The second-order valence-corrected chi connectivity index (χ2v) is 10.4. The van der Waals surface area contributed by atoms with E-state index >= 15 is 0 Å². The monoisotopic (exact) mass is 346 g/mol. The molecule has 6 fully saturated rings. The van der Waals surface area contributed by atoms with Gasteiger partial charge in [-0.1, -0.05) is 13.8 Å². The van der Waals surface area contributed by atoms with Gasteiger partial charge in [0.15, 0.2) is 0 Å². The van der Waals surface area contributed by atoms with Crippen molar-refractivity contribution in [3.05, 3.63) is 0 Å². The normalized spacial score (nSPS) is 63.4. The Labute approximate surface area is 150 Å². The molecule has 2 heterocycles. The Balaban J connectivity index is 1.32. The first-order valence-corrected chi connectivity index (χ1v) is 10.4. The predicted molar refractivity (Wildman–Crippen MR) is 90.5 cm³/mol. The third-order valence-electron chi connectivity index (χ3n) is 9.54. The second kappa shape index (κ2) is 4.44. The van der Waals surface area contributed by atoms with E-state index < -0.39 is 5.79 Å². The van der Waals surface area contributed by atoms with Crippen molar-refractivity contribution in [2.75, 3.05) is 0 Å². The van der Waals surface area contributed by atoms with Gasteiger partial charge in [-0.2, -0.15) is 0 Å². The summed E-state index contributed by atoms with van der Waals surface area (Å²) in [6.07, 6.45) is 10.1. The molecule has 6 aliphatic rings. The average Bonchev–Trinajstić information content (AvgIpc) is 3.42. The van der Waals surface area contributed by atoms with Crippen LogP contribution in [-0.4, -0.2) is 30.1 Å². The van der Waals surface area contributed by atoms with Crippen LogP contribution in [0.15, 0.2) is 0 Å². The molecule has 0 radical (unpaired) electrons. The summed E-state index contributed by atoms with van der Waals surface area (Å²) in [6, 6.07) is 0. The molecule has 4 heteroatoms. The molecule has 0 spiro atoms. The molecule has 25 heavy (non-hydrogen) atoms.